The highest BCUT2D eigenvalue weighted by Gasteiger charge is 2.23. The summed E-state index contributed by atoms with van der Waals surface area (Å²) in [5.41, 5.74) is 6.87. The van der Waals surface area contributed by atoms with Crippen LogP contribution in [0.4, 0.5) is 4.39 Å². The lowest BCUT2D eigenvalue weighted by Gasteiger charge is -2.24. The number of esters is 1. The fourth-order valence-corrected chi connectivity index (χ4v) is 4.48. The Balaban J connectivity index is 1.72. The van der Waals surface area contributed by atoms with E-state index in [9.17, 15) is 14.0 Å². The fourth-order valence-electron chi connectivity index (χ4n) is 4.48. The van der Waals surface area contributed by atoms with Crippen LogP contribution in [-0.4, -0.2) is 41.4 Å². The molecule has 0 aliphatic carbocycles. The van der Waals surface area contributed by atoms with Crippen LogP contribution in [0, 0.1) is 12.7 Å². The number of ketones is 1. The molecule has 0 amide bonds. The molecule has 2 heterocycles. The van der Waals surface area contributed by atoms with Crippen LogP contribution in [0.1, 0.15) is 35.7 Å². The number of carbonyl (C=O) groups excluding carboxylic acids is 2. The molecular formula is C27H29FN2O3. The second kappa shape index (κ2) is 9.71. The minimum atomic E-state index is -0.542. The normalized spacial score (nSPS) is 14.4. The summed E-state index contributed by atoms with van der Waals surface area (Å²) in [5, 5.41) is 1.27. The standard InChI is InChI=1S/C27H29FN2O3/c1-18-4-9-25-23(14-18)24-17-29(3)12-10-26(24)30(25)16-21(20-5-7-22(28)8-6-20)11-13-33-27(32)15-19(2)31/h4-9,11,14H,10,12-13,15-17H2,1-3H3. The number of Topliss-reactive ketones (excluding diaryl/α,β-unsaturated/α-hetero) is 1. The smallest absolute Gasteiger partial charge is 0.313 e. The molecule has 2 aromatic carbocycles. The minimum Gasteiger partial charge on any atom is -0.461 e. The molecule has 0 fully saturated rings. The summed E-state index contributed by atoms with van der Waals surface area (Å²) in [5.74, 6) is -1.07. The number of benzene rings is 2. The van der Waals surface area contributed by atoms with Crippen LogP contribution in [0.3, 0.4) is 0 Å². The van der Waals surface area contributed by atoms with E-state index in [0.29, 0.717) is 6.54 Å². The molecule has 1 aliphatic rings. The Morgan fingerprint density at radius 1 is 1.15 bits per heavy atom. The lowest BCUT2D eigenvalue weighted by molar-refractivity contribution is -0.144. The average Bonchev–Trinajstić information content (AvgIpc) is 3.05. The molecule has 1 aromatic heterocycles. The highest BCUT2D eigenvalue weighted by molar-refractivity contribution is 5.94. The molecule has 172 valence electrons. The van der Waals surface area contributed by atoms with Crippen molar-refractivity contribution >= 4 is 28.2 Å². The van der Waals surface area contributed by atoms with Crippen LogP contribution >= 0.6 is 0 Å². The molecule has 0 bridgehead atoms. The summed E-state index contributed by atoms with van der Waals surface area (Å²) < 4.78 is 21.2. The number of aryl methyl sites for hydroxylation is 1. The lowest BCUT2D eigenvalue weighted by atomic mass is 10.0. The summed E-state index contributed by atoms with van der Waals surface area (Å²) in [7, 11) is 2.14. The predicted molar refractivity (Wildman–Crippen MR) is 127 cm³/mol. The number of fused-ring (bicyclic) bond motifs is 3. The Kier molecular flexibility index (Phi) is 6.75. The van der Waals surface area contributed by atoms with Crippen LogP contribution < -0.4 is 0 Å². The Labute approximate surface area is 193 Å². The predicted octanol–water partition coefficient (Wildman–Crippen LogP) is 4.68. The zero-order chi connectivity index (χ0) is 23.5. The first-order valence-corrected chi connectivity index (χ1v) is 11.2. The highest BCUT2D eigenvalue weighted by atomic mass is 19.1. The van der Waals surface area contributed by atoms with Crippen LogP contribution in [0.15, 0.2) is 48.5 Å². The zero-order valence-corrected chi connectivity index (χ0v) is 19.4. The monoisotopic (exact) mass is 448 g/mol. The van der Waals surface area contributed by atoms with E-state index in [2.05, 4.69) is 41.6 Å². The van der Waals surface area contributed by atoms with Crippen molar-refractivity contribution in [1.82, 2.24) is 9.47 Å². The lowest BCUT2D eigenvalue weighted by Crippen LogP contribution is -2.27. The van der Waals surface area contributed by atoms with Crippen molar-refractivity contribution in [1.29, 1.82) is 0 Å². The van der Waals surface area contributed by atoms with E-state index in [1.54, 1.807) is 12.1 Å². The van der Waals surface area contributed by atoms with Gasteiger partial charge < -0.3 is 14.2 Å². The quantitative estimate of drug-likeness (QED) is 0.389. The van der Waals surface area contributed by atoms with Crippen molar-refractivity contribution in [2.45, 2.75) is 39.8 Å². The van der Waals surface area contributed by atoms with Crippen molar-refractivity contribution in [3.8, 4) is 0 Å². The van der Waals surface area contributed by atoms with Gasteiger partial charge in [0, 0.05) is 42.7 Å². The van der Waals surface area contributed by atoms with Gasteiger partial charge in [0.25, 0.3) is 0 Å². The first kappa shape index (κ1) is 22.9. The molecule has 0 saturated heterocycles. The number of nitrogens with zero attached hydrogens (tertiary/aromatic N) is 2. The van der Waals surface area contributed by atoms with Gasteiger partial charge in [-0.1, -0.05) is 23.8 Å². The third kappa shape index (κ3) is 5.22. The van der Waals surface area contributed by atoms with Gasteiger partial charge in [0.2, 0.25) is 0 Å². The molecule has 1 aliphatic heterocycles. The number of halogens is 1. The number of likely N-dealkylation sites (N-methyl/N-ethyl adjacent to an activating group) is 1. The minimum absolute atomic E-state index is 0.0576. The van der Waals surface area contributed by atoms with Gasteiger partial charge in [-0.3, -0.25) is 9.59 Å². The maximum atomic E-state index is 13.6. The average molecular weight is 449 g/mol. The number of aromatic nitrogens is 1. The van der Waals surface area contributed by atoms with Gasteiger partial charge >= 0.3 is 5.97 Å². The summed E-state index contributed by atoms with van der Waals surface area (Å²) in [6, 6.07) is 12.9. The molecule has 33 heavy (non-hydrogen) atoms. The number of hydrogen-bond donors (Lipinski definition) is 0. The molecule has 0 atom stereocenters. The van der Waals surface area contributed by atoms with E-state index < -0.39 is 5.97 Å². The number of rotatable bonds is 7. The molecule has 3 aromatic rings. The van der Waals surface area contributed by atoms with E-state index in [1.807, 2.05) is 6.08 Å². The van der Waals surface area contributed by atoms with Gasteiger partial charge in [0.1, 0.15) is 24.6 Å². The largest absolute Gasteiger partial charge is 0.461 e. The Morgan fingerprint density at radius 2 is 1.91 bits per heavy atom. The molecule has 0 unspecified atom stereocenters. The van der Waals surface area contributed by atoms with Crippen LogP contribution in [0.25, 0.3) is 16.5 Å². The Hall–Kier alpha value is -3.25. The third-order valence-electron chi connectivity index (χ3n) is 6.11. The van der Waals surface area contributed by atoms with Crippen molar-refractivity contribution in [2.75, 3.05) is 20.2 Å². The van der Waals surface area contributed by atoms with Crippen LogP contribution in [0.2, 0.25) is 0 Å². The van der Waals surface area contributed by atoms with E-state index >= 15 is 0 Å². The molecular weight excluding hydrogens is 419 g/mol. The second-order valence-electron chi connectivity index (χ2n) is 8.82. The van der Waals surface area contributed by atoms with Gasteiger partial charge in [0.05, 0.1) is 0 Å². The summed E-state index contributed by atoms with van der Waals surface area (Å²) in [4.78, 5) is 25.3. The second-order valence-corrected chi connectivity index (χ2v) is 8.82. The number of carbonyl (C=O) groups is 2. The maximum absolute atomic E-state index is 13.6. The van der Waals surface area contributed by atoms with Gasteiger partial charge in [-0.15, -0.1) is 0 Å². The van der Waals surface area contributed by atoms with Gasteiger partial charge in [0.15, 0.2) is 0 Å². The van der Waals surface area contributed by atoms with Crippen LogP contribution in [-0.2, 0) is 33.8 Å². The van der Waals surface area contributed by atoms with E-state index in [1.165, 1.54) is 46.8 Å². The summed E-state index contributed by atoms with van der Waals surface area (Å²) in [6.45, 7) is 5.99. The van der Waals surface area contributed by atoms with Crippen molar-refractivity contribution in [3.63, 3.8) is 0 Å². The maximum Gasteiger partial charge on any atom is 0.313 e. The van der Waals surface area contributed by atoms with Crippen molar-refractivity contribution < 1.29 is 18.7 Å². The number of allylic oxidation sites excluding steroid dienone is 1. The molecule has 0 radical (unpaired) electrons. The molecule has 0 saturated carbocycles. The molecule has 0 spiro atoms. The molecule has 6 heteroatoms. The van der Waals surface area contributed by atoms with Crippen LogP contribution in [0.5, 0.6) is 0 Å². The topological polar surface area (TPSA) is 51.5 Å². The van der Waals surface area contributed by atoms with E-state index in [0.717, 1.165) is 30.6 Å². The van der Waals surface area contributed by atoms with Gasteiger partial charge in [-0.2, -0.15) is 0 Å². The first-order chi connectivity index (χ1) is 15.8. The number of hydrogen-bond acceptors (Lipinski definition) is 4. The van der Waals surface area contributed by atoms with Gasteiger partial charge in [-0.25, -0.2) is 4.39 Å². The molecule has 5 nitrogen and oxygen atoms in total. The Morgan fingerprint density at radius 3 is 2.64 bits per heavy atom. The van der Waals surface area contributed by atoms with E-state index in [-0.39, 0.29) is 24.6 Å². The SMILES string of the molecule is CC(=O)CC(=O)OCC=C(Cn1c2c(c3cc(C)ccc31)CN(C)CC2)c1ccc(F)cc1. The van der Waals surface area contributed by atoms with Crippen molar-refractivity contribution in [3.05, 3.63) is 76.7 Å². The first-order valence-electron chi connectivity index (χ1n) is 11.2. The Bertz CT molecular complexity index is 1220. The zero-order valence-electron chi connectivity index (χ0n) is 19.4. The van der Waals surface area contributed by atoms with Crippen molar-refractivity contribution in [2.24, 2.45) is 0 Å². The van der Waals surface area contributed by atoms with E-state index in [4.69, 9.17) is 4.74 Å². The summed E-state index contributed by atoms with van der Waals surface area (Å²) >= 11 is 0. The third-order valence-corrected chi connectivity index (χ3v) is 6.11. The summed E-state index contributed by atoms with van der Waals surface area (Å²) in [6.07, 6.45) is 2.57. The molecule has 0 N–H and O–H groups in total. The fraction of sp³-hybridized carbons (Fsp3) is 0.333. The number of ether oxygens (including phenoxy) is 1. The molecule has 4 rings (SSSR count). The highest BCUT2D eigenvalue weighted by Crippen LogP contribution is 2.33. The van der Waals surface area contributed by atoms with Gasteiger partial charge in [-0.05, 0) is 67.9 Å².